The molecule has 100 valence electrons. The van der Waals surface area contributed by atoms with E-state index in [1.165, 1.54) is 13.0 Å². The van der Waals surface area contributed by atoms with Gasteiger partial charge < -0.3 is 10.5 Å². The van der Waals surface area contributed by atoms with Gasteiger partial charge in [-0.2, -0.15) is 0 Å². The third-order valence-electron chi connectivity index (χ3n) is 2.30. The molecule has 0 aliphatic heterocycles. The van der Waals surface area contributed by atoms with Gasteiger partial charge in [0.15, 0.2) is 9.84 Å². The molecule has 0 spiro atoms. The van der Waals surface area contributed by atoms with Crippen LogP contribution in [0.4, 0.5) is 10.1 Å². The third kappa shape index (κ3) is 3.99. The Bertz CT molecular complexity index is 542. The molecule has 0 amide bonds. The van der Waals surface area contributed by atoms with Gasteiger partial charge in [0.25, 0.3) is 0 Å². The van der Waals surface area contributed by atoms with Gasteiger partial charge in [0, 0.05) is 5.75 Å². The van der Waals surface area contributed by atoms with E-state index >= 15 is 0 Å². The Labute approximate surface area is 105 Å². The monoisotopic (exact) mass is 275 g/mol. The topological polar surface area (TPSA) is 86.5 Å². The second-order valence-corrected chi connectivity index (χ2v) is 6.08. The van der Waals surface area contributed by atoms with E-state index < -0.39 is 21.6 Å². The number of rotatable bonds is 5. The number of sulfone groups is 1. The van der Waals surface area contributed by atoms with Crippen molar-refractivity contribution in [3.63, 3.8) is 0 Å². The van der Waals surface area contributed by atoms with Crippen molar-refractivity contribution in [1.82, 2.24) is 0 Å². The van der Waals surface area contributed by atoms with Gasteiger partial charge in [-0.25, -0.2) is 17.6 Å². The summed E-state index contributed by atoms with van der Waals surface area (Å²) in [6, 6.07) is 3.42. The average Bonchev–Trinajstić information content (AvgIpc) is 2.32. The van der Waals surface area contributed by atoms with Crippen molar-refractivity contribution in [3.05, 3.63) is 29.6 Å². The summed E-state index contributed by atoms with van der Waals surface area (Å²) in [4.78, 5) is 11.5. The van der Waals surface area contributed by atoms with Crippen LogP contribution in [0.2, 0.25) is 0 Å². The molecule has 0 atom stereocenters. The van der Waals surface area contributed by atoms with E-state index in [4.69, 9.17) is 10.5 Å². The first-order chi connectivity index (χ1) is 8.35. The average molecular weight is 275 g/mol. The number of carbonyl (C=O) groups is 1. The zero-order valence-electron chi connectivity index (χ0n) is 9.85. The van der Waals surface area contributed by atoms with Crippen molar-refractivity contribution in [2.45, 2.75) is 6.92 Å². The SMILES string of the molecule is CCS(=O)(=O)CCOC(=O)c1ccc(F)c(N)c1. The lowest BCUT2D eigenvalue weighted by Gasteiger charge is -2.05. The van der Waals surface area contributed by atoms with Crippen molar-refractivity contribution < 1.29 is 22.3 Å². The molecular weight excluding hydrogens is 261 g/mol. The number of benzene rings is 1. The summed E-state index contributed by atoms with van der Waals surface area (Å²) in [6.07, 6.45) is 0. The number of carbonyl (C=O) groups excluding carboxylic acids is 1. The fourth-order valence-corrected chi connectivity index (χ4v) is 1.79. The predicted molar refractivity (Wildman–Crippen MR) is 65.4 cm³/mol. The van der Waals surface area contributed by atoms with Gasteiger partial charge in [-0.05, 0) is 18.2 Å². The lowest BCUT2D eigenvalue weighted by Crippen LogP contribution is -2.17. The second-order valence-electron chi connectivity index (χ2n) is 3.61. The summed E-state index contributed by atoms with van der Waals surface area (Å²) in [7, 11) is -3.17. The highest BCUT2D eigenvalue weighted by Gasteiger charge is 2.12. The molecule has 7 heteroatoms. The zero-order valence-corrected chi connectivity index (χ0v) is 10.7. The predicted octanol–water partition coefficient (Wildman–Crippen LogP) is 0.999. The van der Waals surface area contributed by atoms with Gasteiger partial charge >= 0.3 is 5.97 Å². The molecule has 0 saturated carbocycles. The summed E-state index contributed by atoms with van der Waals surface area (Å²) < 4.78 is 39.9. The molecule has 2 N–H and O–H groups in total. The number of halogens is 1. The summed E-state index contributed by atoms with van der Waals surface area (Å²) in [5, 5.41) is 0. The molecule has 0 heterocycles. The Morgan fingerprint density at radius 2 is 2.11 bits per heavy atom. The maximum absolute atomic E-state index is 12.9. The van der Waals surface area contributed by atoms with E-state index in [0.29, 0.717) is 0 Å². The Balaban J connectivity index is 2.58. The van der Waals surface area contributed by atoms with Crippen LogP contribution in [-0.2, 0) is 14.6 Å². The van der Waals surface area contributed by atoms with Crippen LogP contribution >= 0.6 is 0 Å². The Kier molecular flexibility index (Phi) is 4.66. The molecule has 1 aromatic carbocycles. The molecule has 1 aromatic rings. The first kappa shape index (κ1) is 14.4. The van der Waals surface area contributed by atoms with E-state index in [1.54, 1.807) is 0 Å². The number of esters is 1. The van der Waals surface area contributed by atoms with Crippen LogP contribution in [-0.4, -0.2) is 32.5 Å². The number of nitrogen functional groups attached to an aromatic ring is 1. The molecule has 0 aromatic heterocycles. The van der Waals surface area contributed by atoms with Crippen LogP contribution in [0, 0.1) is 5.82 Å². The van der Waals surface area contributed by atoms with E-state index in [1.807, 2.05) is 0 Å². The van der Waals surface area contributed by atoms with Gasteiger partial charge in [-0.3, -0.25) is 0 Å². The molecule has 0 unspecified atom stereocenters. The minimum absolute atomic E-state index is 0.00591. The number of ether oxygens (including phenoxy) is 1. The first-order valence-corrected chi connectivity index (χ1v) is 7.10. The summed E-state index contributed by atoms with van der Waals surface area (Å²) in [5.74, 6) is -1.59. The van der Waals surface area contributed by atoms with E-state index in [0.717, 1.165) is 12.1 Å². The lowest BCUT2D eigenvalue weighted by atomic mass is 10.2. The van der Waals surface area contributed by atoms with E-state index in [-0.39, 0.29) is 29.4 Å². The van der Waals surface area contributed by atoms with Crippen molar-refractivity contribution in [2.24, 2.45) is 0 Å². The molecule has 5 nitrogen and oxygen atoms in total. The van der Waals surface area contributed by atoms with Crippen molar-refractivity contribution in [3.8, 4) is 0 Å². The number of anilines is 1. The van der Waals surface area contributed by atoms with E-state index in [9.17, 15) is 17.6 Å². The van der Waals surface area contributed by atoms with Gasteiger partial charge in [0.2, 0.25) is 0 Å². The minimum atomic E-state index is -3.17. The van der Waals surface area contributed by atoms with Crippen molar-refractivity contribution in [2.75, 3.05) is 23.8 Å². The van der Waals surface area contributed by atoms with Crippen molar-refractivity contribution in [1.29, 1.82) is 0 Å². The van der Waals surface area contributed by atoms with Crippen LogP contribution < -0.4 is 5.73 Å². The molecule has 0 saturated heterocycles. The fourth-order valence-electron chi connectivity index (χ4n) is 1.16. The Hall–Kier alpha value is -1.63. The molecule has 0 aliphatic rings. The summed E-state index contributed by atoms with van der Waals surface area (Å²) in [5.41, 5.74) is 5.22. The molecule has 0 fully saturated rings. The van der Waals surface area contributed by atoms with Gasteiger partial charge in [0.05, 0.1) is 17.0 Å². The highest BCUT2D eigenvalue weighted by Crippen LogP contribution is 2.13. The van der Waals surface area contributed by atoms with Crippen LogP contribution in [0.15, 0.2) is 18.2 Å². The normalized spacial score (nSPS) is 11.2. The van der Waals surface area contributed by atoms with Crippen LogP contribution in [0.3, 0.4) is 0 Å². The van der Waals surface area contributed by atoms with Gasteiger partial charge in [0.1, 0.15) is 12.4 Å². The maximum atomic E-state index is 12.9. The summed E-state index contributed by atoms with van der Waals surface area (Å²) in [6.45, 7) is 1.28. The van der Waals surface area contributed by atoms with Crippen LogP contribution in [0.5, 0.6) is 0 Å². The first-order valence-electron chi connectivity index (χ1n) is 5.28. The fraction of sp³-hybridized carbons (Fsp3) is 0.364. The Morgan fingerprint density at radius 3 is 2.67 bits per heavy atom. The molecule has 0 radical (unpaired) electrons. The van der Waals surface area contributed by atoms with Gasteiger partial charge in [-0.15, -0.1) is 0 Å². The highest BCUT2D eigenvalue weighted by molar-refractivity contribution is 7.91. The number of hydrogen-bond acceptors (Lipinski definition) is 5. The summed E-state index contributed by atoms with van der Waals surface area (Å²) >= 11 is 0. The lowest BCUT2D eigenvalue weighted by molar-refractivity contribution is 0.0529. The van der Waals surface area contributed by atoms with Gasteiger partial charge in [-0.1, -0.05) is 6.92 Å². The number of hydrogen-bond donors (Lipinski definition) is 1. The van der Waals surface area contributed by atoms with Crippen molar-refractivity contribution >= 4 is 21.5 Å². The molecule has 0 aliphatic carbocycles. The molecule has 0 bridgehead atoms. The van der Waals surface area contributed by atoms with Crippen LogP contribution in [0.25, 0.3) is 0 Å². The standard InChI is InChI=1S/C11H14FNO4S/c1-2-18(15,16)6-5-17-11(14)8-3-4-9(12)10(13)7-8/h3-4,7H,2,5-6,13H2,1H3. The minimum Gasteiger partial charge on any atom is -0.461 e. The highest BCUT2D eigenvalue weighted by atomic mass is 32.2. The largest absolute Gasteiger partial charge is 0.461 e. The zero-order chi connectivity index (χ0) is 13.8. The smallest absolute Gasteiger partial charge is 0.338 e. The second kappa shape index (κ2) is 5.81. The van der Waals surface area contributed by atoms with Crippen LogP contribution in [0.1, 0.15) is 17.3 Å². The van der Waals surface area contributed by atoms with E-state index in [2.05, 4.69) is 0 Å². The third-order valence-corrected chi connectivity index (χ3v) is 3.97. The molecular formula is C11H14FNO4S. The molecule has 18 heavy (non-hydrogen) atoms. The number of nitrogens with two attached hydrogens (primary N) is 1. The maximum Gasteiger partial charge on any atom is 0.338 e. The molecule has 1 rings (SSSR count). The quantitative estimate of drug-likeness (QED) is 0.640. The Morgan fingerprint density at radius 1 is 1.44 bits per heavy atom.